The van der Waals surface area contributed by atoms with Gasteiger partial charge in [0.15, 0.2) is 11.0 Å². The topological polar surface area (TPSA) is 98.1 Å². The third-order valence-corrected chi connectivity index (χ3v) is 5.66. The number of para-hydroxylation sites is 1. The van der Waals surface area contributed by atoms with Crippen LogP contribution in [0.5, 0.6) is 5.75 Å². The zero-order valence-corrected chi connectivity index (χ0v) is 18.8. The number of nitrogens with one attached hydrogen (secondary N) is 2. The Bertz CT molecular complexity index is 1090. The van der Waals surface area contributed by atoms with Crippen LogP contribution in [0.2, 0.25) is 0 Å². The molecule has 0 unspecified atom stereocenters. The van der Waals surface area contributed by atoms with Gasteiger partial charge in [0.1, 0.15) is 11.6 Å². The Morgan fingerprint density at radius 1 is 1.12 bits per heavy atom. The Morgan fingerprint density at radius 2 is 1.84 bits per heavy atom. The number of benzene rings is 2. The summed E-state index contributed by atoms with van der Waals surface area (Å²) in [5.74, 6) is 0.332. The largest absolute Gasteiger partial charge is 0.497 e. The summed E-state index contributed by atoms with van der Waals surface area (Å²) in [6, 6.07) is 12.9. The number of carbonyl (C=O) groups is 2. The lowest BCUT2D eigenvalue weighted by atomic mass is 10.1. The maximum absolute atomic E-state index is 13.7. The minimum Gasteiger partial charge on any atom is -0.497 e. The molecule has 2 amide bonds. The van der Waals surface area contributed by atoms with Crippen LogP contribution in [0.4, 0.5) is 10.1 Å². The first-order chi connectivity index (χ1) is 15.4. The van der Waals surface area contributed by atoms with Gasteiger partial charge in [-0.15, -0.1) is 10.2 Å². The molecule has 3 rings (SSSR count). The minimum atomic E-state index is -0.494. The molecule has 0 aliphatic rings. The molecule has 0 bridgehead atoms. The van der Waals surface area contributed by atoms with Gasteiger partial charge >= 0.3 is 0 Å². The van der Waals surface area contributed by atoms with Crippen molar-refractivity contribution in [3.05, 3.63) is 65.7 Å². The van der Waals surface area contributed by atoms with Crippen LogP contribution in [0.15, 0.2) is 53.7 Å². The summed E-state index contributed by atoms with van der Waals surface area (Å²) in [4.78, 5) is 24.5. The summed E-state index contributed by atoms with van der Waals surface area (Å²) in [5, 5.41) is 14.2. The summed E-state index contributed by atoms with van der Waals surface area (Å²) in [6.07, 6.45) is 0.226. The number of nitrogens with zero attached hydrogens (tertiary/aromatic N) is 3. The van der Waals surface area contributed by atoms with Crippen molar-refractivity contribution in [2.75, 3.05) is 18.2 Å². The van der Waals surface area contributed by atoms with Gasteiger partial charge in [-0.3, -0.25) is 9.59 Å². The van der Waals surface area contributed by atoms with Crippen LogP contribution in [0.1, 0.15) is 24.4 Å². The van der Waals surface area contributed by atoms with Crippen LogP contribution in [-0.2, 0) is 23.1 Å². The quantitative estimate of drug-likeness (QED) is 0.479. The van der Waals surface area contributed by atoms with E-state index in [0.717, 1.165) is 11.3 Å². The maximum atomic E-state index is 13.7. The number of methoxy groups -OCH3 is 1. The number of rotatable bonds is 9. The van der Waals surface area contributed by atoms with Crippen molar-refractivity contribution in [1.82, 2.24) is 20.1 Å². The van der Waals surface area contributed by atoms with Crippen LogP contribution >= 0.6 is 11.8 Å². The number of hydrogen-bond donors (Lipinski definition) is 2. The molecule has 0 saturated heterocycles. The number of aromatic nitrogens is 3. The van der Waals surface area contributed by atoms with Crippen molar-refractivity contribution < 1.29 is 18.7 Å². The predicted octanol–water partition coefficient (Wildman–Crippen LogP) is 3.11. The van der Waals surface area contributed by atoms with Crippen molar-refractivity contribution in [1.29, 1.82) is 0 Å². The number of anilines is 1. The van der Waals surface area contributed by atoms with Gasteiger partial charge in [0.25, 0.3) is 0 Å². The molecule has 1 heterocycles. The Hall–Kier alpha value is -3.40. The van der Waals surface area contributed by atoms with Crippen molar-refractivity contribution in [3.8, 4) is 5.75 Å². The van der Waals surface area contributed by atoms with Crippen molar-refractivity contribution in [2.24, 2.45) is 7.05 Å². The fraction of sp³-hybridized carbons (Fsp3) is 0.273. The monoisotopic (exact) mass is 457 g/mol. The van der Waals surface area contributed by atoms with Crippen LogP contribution in [0.25, 0.3) is 0 Å². The summed E-state index contributed by atoms with van der Waals surface area (Å²) in [5.41, 5.74) is 0.996. The molecule has 2 N–H and O–H groups in total. The highest BCUT2D eigenvalue weighted by Crippen LogP contribution is 2.20. The van der Waals surface area contributed by atoms with Crippen LogP contribution in [-0.4, -0.2) is 39.4 Å². The van der Waals surface area contributed by atoms with Crippen molar-refractivity contribution >= 4 is 29.3 Å². The molecule has 0 fully saturated rings. The zero-order valence-electron chi connectivity index (χ0n) is 18.0. The standard InChI is InChI=1S/C22H24FN5O3S/c1-14(24-19(29)12-15-8-10-16(31-3)11-9-15)21-26-27-22(28(21)2)32-13-20(30)25-18-7-5-4-6-17(18)23/h4-11,14H,12-13H2,1-3H3,(H,24,29)(H,25,30)/t14-/m1/s1. The van der Waals surface area contributed by atoms with Crippen LogP contribution in [0, 0.1) is 5.82 Å². The second-order valence-corrected chi connectivity index (χ2v) is 7.97. The highest BCUT2D eigenvalue weighted by atomic mass is 32.2. The van der Waals surface area contributed by atoms with Crippen molar-refractivity contribution in [3.63, 3.8) is 0 Å². The highest BCUT2D eigenvalue weighted by molar-refractivity contribution is 7.99. The molecule has 3 aromatic rings. The average Bonchev–Trinajstić information content (AvgIpc) is 3.15. The van der Waals surface area contributed by atoms with Gasteiger partial charge < -0.3 is 19.9 Å². The van der Waals surface area contributed by atoms with E-state index in [9.17, 15) is 14.0 Å². The summed E-state index contributed by atoms with van der Waals surface area (Å²) in [7, 11) is 3.35. The second kappa shape index (κ2) is 10.8. The Balaban J connectivity index is 1.53. The van der Waals surface area contributed by atoms with Crippen molar-refractivity contribution in [2.45, 2.75) is 24.5 Å². The normalized spacial score (nSPS) is 11.6. The first-order valence-corrected chi connectivity index (χ1v) is 10.8. The van der Waals surface area contributed by atoms with E-state index in [4.69, 9.17) is 4.74 Å². The fourth-order valence-electron chi connectivity index (χ4n) is 2.99. The first-order valence-electron chi connectivity index (χ1n) is 9.86. The van der Waals surface area contributed by atoms with E-state index in [1.807, 2.05) is 19.1 Å². The molecule has 1 aromatic heterocycles. The molecule has 8 nitrogen and oxygen atoms in total. The molecule has 1 atom stereocenters. The highest BCUT2D eigenvalue weighted by Gasteiger charge is 2.19. The summed E-state index contributed by atoms with van der Waals surface area (Å²) >= 11 is 1.17. The van der Waals surface area contributed by atoms with Gasteiger partial charge in [-0.2, -0.15) is 0 Å². The van der Waals surface area contributed by atoms with Gasteiger partial charge in [0.2, 0.25) is 11.8 Å². The summed E-state index contributed by atoms with van der Waals surface area (Å²) in [6.45, 7) is 1.81. The number of halogens is 1. The molecule has 2 aromatic carbocycles. The molecular formula is C22H24FN5O3S. The smallest absolute Gasteiger partial charge is 0.234 e. The molecule has 32 heavy (non-hydrogen) atoms. The zero-order chi connectivity index (χ0) is 23.1. The predicted molar refractivity (Wildman–Crippen MR) is 120 cm³/mol. The molecule has 168 valence electrons. The molecule has 0 radical (unpaired) electrons. The SMILES string of the molecule is COc1ccc(CC(=O)N[C@H](C)c2nnc(SCC(=O)Nc3ccccc3F)n2C)cc1. The van der Waals surface area contributed by atoms with Gasteiger partial charge in [0, 0.05) is 7.05 Å². The second-order valence-electron chi connectivity index (χ2n) is 7.03. The number of hydrogen-bond acceptors (Lipinski definition) is 6. The van der Waals surface area contributed by atoms with Gasteiger partial charge in [-0.1, -0.05) is 36.0 Å². The number of ether oxygens (including phenoxy) is 1. The Kier molecular flexibility index (Phi) is 7.82. The minimum absolute atomic E-state index is 0.0402. The lowest BCUT2D eigenvalue weighted by Gasteiger charge is -2.14. The fourth-order valence-corrected chi connectivity index (χ4v) is 3.71. The van der Waals surface area contributed by atoms with E-state index in [0.29, 0.717) is 11.0 Å². The lowest BCUT2D eigenvalue weighted by Crippen LogP contribution is -2.29. The summed E-state index contributed by atoms with van der Waals surface area (Å²) < 4.78 is 20.5. The van der Waals surface area contributed by atoms with E-state index in [1.165, 1.54) is 23.9 Å². The lowest BCUT2D eigenvalue weighted by molar-refractivity contribution is -0.121. The van der Waals surface area contributed by atoms with Gasteiger partial charge in [-0.05, 0) is 36.8 Å². The number of amides is 2. The van der Waals surface area contributed by atoms with E-state index in [1.54, 1.807) is 43.0 Å². The molecule has 0 saturated carbocycles. The van der Waals surface area contributed by atoms with Gasteiger partial charge in [0.05, 0.1) is 31.0 Å². The van der Waals surface area contributed by atoms with E-state index in [2.05, 4.69) is 20.8 Å². The van der Waals surface area contributed by atoms with Gasteiger partial charge in [-0.25, -0.2) is 4.39 Å². The number of carbonyl (C=O) groups excluding carboxylic acids is 2. The molecule has 0 spiro atoms. The molecule has 0 aliphatic heterocycles. The van der Waals surface area contributed by atoms with Crippen LogP contribution in [0.3, 0.4) is 0 Å². The van der Waals surface area contributed by atoms with E-state index in [-0.39, 0.29) is 35.7 Å². The molecule has 10 heteroatoms. The van der Waals surface area contributed by atoms with Crippen LogP contribution < -0.4 is 15.4 Å². The third kappa shape index (κ3) is 6.07. The maximum Gasteiger partial charge on any atom is 0.234 e. The first kappa shape index (κ1) is 23.3. The Morgan fingerprint density at radius 3 is 2.53 bits per heavy atom. The number of thioether (sulfide) groups is 1. The van der Waals surface area contributed by atoms with E-state index >= 15 is 0 Å². The Labute approximate surface area is 189 Å². The molecular weight excluding hydrogens is 433 g/mol. The third-order valence-electron chi connectivity index (χ3n) is 4.64. The van der Waals surface area contributed by atoms with E-state index < -0.39 is 5.82 Å². The molecule has 0 aliphatic carbocycles. The average molecular weight is 458 g/mol.